The predicted octanol–water partition coefficient (Wildman–Crippen LogP) is 1.51. The first-order valence-electron chi connectivity index (χ1n) is 6.37. The van der Waals surface area contributed by atoms with Gasteiger partial charge < -0.3 is 9.84 Å². The molecule has 116 valence electrons. The monoisotopic (exact) mass is 333 g/mol. The third-order valence-electron chi connectivity index (χ3n) is 3.44. The minimum absolute atomic E-state index is 0.00527. The molecule has 1 aromatic carbocycles. The molecule has 1 fully saturated rings. The SMILES string of the molecule is Cc1cc(S(=O)(=O)N2CCO[C@H](C)[C@H]2C(=O)O)ccc1Cl. The molecule has 8 heteroatoms. The van der Waals surface area contributed by atoms with Gasteiger partial charge in [0.15, 0.2) is 0 Å². The highest BCUT2D eigenvalue weighted by Crippen LogP contribution is 2.26. The number of nitrogens with zero attached hydrogens (tertiary/aromatic N) is 1. The third kappa shape index (κ3) is 3.06. The average Bonchev–Trinajstić information content (AvgIpc) is 2.41. The Hall–Kier alpha value is -1.15. The first-order chi connectivity index (χ1) is 9.75. The van der Waals surface area contributed by atoms with Gasteiger partial charge in [-0.25, -0.2) is 8.42 Å². The van der Waals surface area contributed by atoms with E-state index in [1.807, 2.05) is 0 Å². The number of morpholine rings is 1. The largest absolute Gasteiger partial charge is 0.480 e. The van der Waals surface area contributed by atoms with Crippen molar-refractivity contribution in [1.82, 2.24) is 4.31 Å². The van der Waals surface area contributed by atoms with Crippen LogP contribution >= 0.6 is 11.6 Å². The lowest BCUT2D eigenvalue weighted by atomic mass is 10.1. The van der Waals surface area contributed by atoms with Crippen molar-refractivity contribution in [2.45, 2.75) is 30.9 Å². The van der Waals surface area contributed by atoms with Gasteiger partial charge in [0.05, 0.1) is 17.6 Å². The summed E-state index contributed by atoms with van der Waals surface area (Å²) >= 11 is 5.90. The van der Waals surface area contributed by atoms with E-state index in [0.717, 1.165) is 4.31 Å². The van der Waals surface area contributed by atoms with Crippen LogP contribution in [0.4, 0.5) is 0 Å². The Bertz CT molecular complexity index is 661. The van der Waals surface area contributed by atoms with E-state index >= 15 is 0 Å². The van der Waals surface area contributed by atoms with Crippen LogP contribution in [0.5, 0.6) is 0 Å². The number of carbonyl (C=O) groups is 1. The van der Waals surface area contributed by atoms with E-state index in [0.29, 0.717) is 10.6 Å². The van der Waals surface area contributed by atoms with E-state index in [4.69, 9.17) is 16.3 Å². The van der Waals surface area contributed by atoms with Crippen molar-refractivity contribution in [1.29, 1.82) is 0 Å². The highest BCUT2D eigenvalue weighted by Gasteiger charge is 2.42. The molecular formula is C13H16ClNO5S. The Morgan fingerprint density at radius 3 is 2.71 bits per heavy atom. The van der Waals surface area contributed by atoms with Crippen LogP contribution in [0.1, 0.15) is 12.5 Å². The van der Waals surface area contributed by atoms with Gasteiger partial charge in [0.25, 0.3) is 0 Å². The Kier molecular flexibility index (Phi) is 4.57. The fourth-order valence-corrected chi connectivity index (χ4v) is 4.13. The van der Waals surface area contributed by atoms with Gasteiger partial charge in [-0.1, -0.05) is 11.6 Å². The van der Waals surface area contributed by atoms with E-state index in [1.165, 1.54) is 18.2 Å². The van der Waals surface area contributed by atoms with Crippen molar-refractivity contribution < 1.29 is 23.1 Å². The molecule has 21 heavy (non-hydrogen) atoms. The molecule has 1 aliphatic rings. The molecular weight excluding hydrogens is 318 g/mol. The number of hydrogen-bond donors (Lipinski definition) is 1. The maximum atomic E-state index is 12.7. The number of hydrogen-bond acceptors (Lipinski definition) is 4. The van der Waals surface area contributed by atoms with Crippen molar-refractivity contribution >= 4 is 27.6 Å². The normalized spacial score (nSPS) is 24.0. The number of halogens is 1. The highest BCUT2D eigenvalue weighted by molar-refractivity contribution is 7.89. The Morgan fingerprint density at radius 2 is 2.14 bits per heavy atom. The summed E-state index contributed by atoms with van der Waals surface area (Å²) in [5.41, 5.74) is 0.617. The van der Waals surface area contributed by atoms with Crippen molar-refractivity contribution in [3.63, 3.8) is 0 Å². The number of rotatable bonds is 3. The molecule has 0 aliphatic carbocycles. The quantitative estimate of drug-likeness (QED) is 0.906. The molecule has 2 atom stereocenters. The molecule has 1 heterocycles. The van der Waals surface area contributed by atoms with E-state index in [9.17, 15) is 18.3 Å². The molecule has 1 N–H and O–H groups in total. The maximum Gasteiger partial charge on any atom is 0.324 e. The summed E-state index contributed by atoms with van der Waals surface area (Å²) in [7, 11) is -3.91. The van der Waals surface area contributed by atoms with E-state index in [-0.39, 0.29) is 18.0 Å². The summed E-state index contributed by atoms with van der Waals surface area (Å²) in [5.74, 6) is -1.23. The smallest absolute Gasteiger partial charge is 0.324 e. The van der Waals surface area contributed by atoms with Crippen molar-refractivity contribution in [3.8, 4) is 0 Å². The lowest BCUT2D eigenvalue weighted by molar-refractivity contribution is -0.150. The van der Waals surface area contributed by atoms with Gasteiger partial charge in [-0.3, -0.25) is 4.79 Å². The van der Waals surface area contributed by atoms with Crippen LogP contribution in [0.25, 0.3) is 0 Å². The van der Waals surface area contributed by atoms with Crippen molar-refractivity contribution in [2.75, 3.05) is 13.2 Å². The van der Waals surface area contributed by atoms with Gasteiger partial charge in [-0.15, -0.1) is 0 Å². The van der Waals surface area contributed by atoms with Gasteiger partial charge in [0.1, 0.15) is 6.04 Å². The number of benzene rings is 1. The van der Waals surface area contributed by atoms with Crippen LogP contribution in [-0.2, 0) is 19.6 Å². The van der Waals surface area contributed by atoms with Crippen LogP contribution in [0, 0.1) is 6.92 Å². The Balaban J connectivity index is 2.45. The number of carboxylic acids is 1. The molecule has 0 aromatic heterocycles. The summed E-state index contributed by atoms with van der Waals surface area (Å²) < 4.78 is 31.6. The summed E-state index contributed by atoms with van der Waals surface area (Å²) in [6.45, 7) is 3.41. The van der Waals surface area contributed by atoms with Crippen molar-refractivity contribution in [2.24, 2.45) is 0 Å². The number of aryl methyl sites for hydroxylation is 1. The molecule has 0 spiro atoms. The zero-order chi connectivity index (χ0) is 15.8. The maximum absolute atomic E-state index is 12.7. The fourth-order valence-electron chi connectivity index (χ4n) is 2.30. The number of carboxylic acid groups (broad SMARTS) is 1. The second kappa shape index (κ2) is 5.92. The van der Waals surface area contributed by atoms with Gasteiger partial charge in [0, 0.05) is 11.6 Å². The predicted molar refractivity (Wildman–Crippen MR) is 76.9 cm³/mol. The summed E-state index contributed by atoms with van der Waals surface area (Å²) in [5, 5.41) is 9.74. The summed E-state index contributed by atoms with van der Waals surface area (Å²) in [4.78, 5) is 11.4. The van der Waals surface area contributed by atoms with E-state index in [2.05, 4.69) is 0 Å². The average molecular weight is 334 g/mol. The molecule has 0 unspecified atom stereocenters. The van der Waals surface area contributed by atoms with Crippen molar-refractivity contribution in [3.05, 3.63) is 28.8 Å². The fraction of sp³-hybridized carbons (Fsp3) is 0.462. The van der Waals surface area contributed by atoms with Gasteiger partial charge in [0.2, 0.25) is 10.0 Å². The standard InChI is InChI=1S/C13H16ClNO5S/c1-8-7-10(3-4-11(8)14)21(18,19)15-5-6-20-9(2)12(15)13(16)17/h3-4,7,9,12H,5-6H2,1-2H3,(H,16,17)/t9-,12+/m1/s1. The van der Waals surface area contributed by atoms with E-state index < -0.39 is 28.1 Å². The van der Waals surface area contributed by atoms with Gasteiger partial charge in [-0.05, 0) is 37.6 Å². The number of aliphatic carboxylic acids is 1. The molecule has 6 nitrogen and oxygen atoms in total. The minimum Gasteiger partial charge on any atom is -0.480 e. The second-order valence-corrected chi connectivity index (χ2v) is 7.18. The first kappa shape index (κ1) is 16.2. The van der Waals surface area contributed by atoms with E-state index in [1.54, 1.807) is 13.8 Å². The van der Waals surface area contributed by atoms with Crippen LogP contribution in [0.3, 0.4) is 0 Å². The summed E-state index contributed by atoms with van der Waals surface area (Å²) in [6, 6.07) is 3.07. The summed E-state index contributed by atoms with van der Waals surface area (Å²) in [6.07, 6.45) is -0.709. The molecule has 2 rings (SSSR count). The minimum atomic E-state index is -3.91. The van der Waals surface area contributed by atoms with Crippen LogP contribution < -0.4 is 0 Å². The molecule has 0 bridgehead atoms. The Morgan fingerprint density at radius 1 is 1.48 bits per heavy atom. The first-order valence-corrected chi connectivity index (χ1v) is 8.19. The molecule has 0 radical (unpaired) electrons. The second-order valence-electron chi connectivity index (χ2n) is 4.89. The van der Waals surface area contributed by atoms with Gasteiger partial charge >= 0.3 is 5.97 Å². The topological polar surface area (TPSA) is 83.9 Å². The Labute approximate surface area is 128 Å². The lowest BCUT2D eigenvalue weighted by Gasteiger charge is -2.36. The highest BCUT2D eigenvalue weighted by atomic mass is 35.5. The van der Waals surface area contributed by atoms with Crippen LogP contribution in [0.15, 0.2) is 23.1 Å². The zero-order valence-electron chi connectivity index (χ0n) is 11.6. The molecule has 0 saturated carbocycles. The molecule has 0 amide bonds. The van der Waals surface area contributed by atoms with Crippen LogP contribution in [-0.4, -0.2) is 49.1 Å². The molecule has 1 aliphatic heterocycles. The molecule has 1 aromatic rings. The molecule has 1 saturated heterocycles. The number of sulfonamides is 1. The number of ether oxygens (including phenoxy) is 1. The van der Waals surface area contributed by atoms with Gasteiger partial charge in [-0.2, -0.15) is 4.31 Å². The lowest BCUT2D eigenvalue weighted by Crippen LogP contribution is -2.56. The third-order valence-corrected chi connectivity index (χ3v) is 5.74. The van der Waals surface area contributed by atoms with Crippen LogP contribution in [0.2, 0.25) is 5.02 Å². The zero-order valence-corrected chi connectivity index (χ0v) is 13.2.